The highest BCUT2D eigenvalue weighted by Gasteiger charge is 2.39. The minimum Gasteiger partial charge on any atom is -0.390 e. The average molecular weight is 450 g/mol. The van der Waals surface area contributed by atoms with Crippen molar-refractivity contribution in [2.45, 2.75) is 38.3 Å². The molecule has 1 atom stereocenters. The summed E-state index contributed by atoms with van der Waals surface area (Å²) in [7, 11) is 0. The van der Waals surface area contributed by atoms with E-state index in [1.807, 2.05) is 11.0 Å². The van der Waals surface area contributed by atoms with Gasteiger partial charge in [0.2, 0.25) is 5.91 Å². The second-order valence-corrected chi connectivity index (χ2v) is 9.60. The van der Waals surface area contributed by atoms with E-state index in [0.717, 1.165) is 57.6 Å². The minimum atomic E-state index is -0.648. The van der Waals surface area contributed by atoms with Gasteiger partial charge in [-0.15, -0.1) is 0 Å². The largest absolute Gasteiger partial charge is 0.390 e. The zero-order valence-electron chi connectivity index (χ0n) is 18.8. The third-order valence-corrected chi connectivity index (χ3v) is 6.83. The van der Waals surface area contributed by atoms with Crippen LogP contribution in [-0.2, 0) is 24.2 Å². The number of amides is 2. The van der Waals surface area contributed by atoms with Gasteiger partial charge in [0, 0.05) is 50.9 Å². The Morgan fingerprint density at radius 3 is 2.73 bits per heavy atom. The van der Waals surface area contributed by atoms with Crippen molar-refractivity contribution in [3.8, 4) is 0 Å². The summed E-state index contributed by atoms with van der Waals surface area (Å²) in [5.41, 5.74) is 3.80. The molecule has 0 bridgehead atoms. The second kappa shape index (κ2) is 9.57. The Balaban J connectivity index is 1.06. The number of aromatic nitrogens is 2. The van der Waals surface area contributed by atoms with Crippen molar-refractivity contribution >= 4 is 11.8 Å². The number of hydrogen-bond donors (Lipinski definition) is 2. The van der Waals surface area contributed by atoms with Crippen LogP contribution in [0, 0.1) is 11.8 Å². The van der Waals surface area contributed by atoms with Gasteiger partial charge in [-0.2, -0.15) is 0 Å². The molecular weight excluding hydrogens is 418 g/mol. The number of fused-ring (bicyclic) bond motifs is 1. The van der Waals surface area contributed by atoms with Crippen molar-refractivity contribution in [2.75, 3.05) is 32.7 Å². The number of rotatable bonds is 8. The van der Waals surface area contributed by atoms with Crippen LogP contribution in [0.15, 0.2) is 36.7 Å². The first-order valence-corrected chi connectivity index (χ1v) is 11.9. The monoisotopic (exact) mass is 449 g/mol. The molecule has 1 aliphatic carbocycles. The van der Waals surface area contributed by atoms with Crippen LogP contribution in [0.2, 0.25) is 0 Å². The van der Waals surface area contributed by atoms with E-state index in [4.69, 9.17) is 0 Å². The van der Waals surface area contributed by atoms with E-state index in [1.165, 1.54) is 17.5 Å². The van der Waals surface area contributed by atoms with Gasteiger partial charge in [0.15, 0.2) is 0 Å². The van der Waals surface area contributed by atoms with Crippen LogP contribution in [0.1, 0.15) is 40.2 Å². The predicted octanol–water partition coefficient (Wildman–Crippen LogP) is 1.04. The van der Waals surface area contributed by atoms with Crippen LogP contribution in [-0.4, -0.2) is 75.5 Å². The SMILES string of the molecule is O=C(NC[C@H](O)CN1CCc2ccccc2C1)c1cc(CC2CN(C(=O)C3CC3)C2)ncn1. The standard InChI is InChI=1S/C25H31N5O3/c31-22(15-29-8-7-18-3-1-2-4-20(18)14-29)11-26-24(32)23-10-21(27-16-28-23)9-17-12-30(13-17)25(33)19-5-6-19/h1-4,10,16-17,19,22,31H,5-9,11-15H2,(H,26,32)/t22-/m0/s1. The summed E-state index contributed by atoms with van der Waals surface area (Å²) >= 11 is 0. The fraction of sp³-hybridized carbons (Fsp3) is 0.520. The van der Waals surface area contributed by atoms with Gasteiger partial charge >= 0.3 is 0 Å². The molecule has 5 rings (SSSR count). The lowest BCUT2D eigenvalue weighted by molar-refractivity contribution is -0.138. The molecule has 0 spiro atoms. The van der Waals surface area contributed by atoms with Crippen LogP contribution >= 0.6 is 0 Å². The Labute approximate surface area is 194 Å². The van der Waals surface area contributed by atoms with Gasteiger partial charge in [-0.25, -0.2) is 9.97 Å². The number of likely N-dealkylation sites (tertiary alicyclic amines) is 1. The molecule has 0 unspecified atom stereocenters. The average Bonchev–Trinajstić information content (AvgIpc) is 3.65. The first kappa shape index (κ1) is 22.0. The summed E-state index contributed by atoms with van der Waals surface area (Å²) in [6, 6.07) is 10.1. The highest BCUT2D eigenvalue weighted by atomic mass is 16.3. The first-order valence-electron chi connectivity index (χ1n) is 11.9. The lowest BCUT2D eigenvalue weighted by atomic mass is 9.94. The van der Waals surface area contributed by atoms with E-state index in [9.17, 15) is 14.7 Å². The van der Waals surface area contributed by atoms with Gasteiger partial charge in [-0.05, 0) is 48.8 Å². The lowest BCUT2D eigenvalue weighted by Gasteiger charge is -2.39. The minimum absolute atomic E-state index is 0.178. The number of aliphatic hydroxyl groups is 1. The Morgan fingerprint density at radius 2 is 1.94 bits per heavy atom. The molecule has 1 aromatic carbocycles. The topological polar surface area (TPSA) is 98.7 Å². The zero-order chi connectivity index (χ0) is 22.8. The maximum atomic E-state index is 12.6. The van der Waals surface area contributed by atoms with E-state index < -0.39 is 6.10 Å². The lowest BCUT2D eigenvalue weighted by Crippen LogP contribution is -2.51. The van der Waals surface area contributed by atoms with Crippen molar-refractivity contribution < 1.29 is 14.7 Å². The predicted molar refractivity (Wildman–Crippen MR) is 122 cm³/mol. The van der Waals surface area contributed by atoms with E-state index in [1.54, 1.807) is 6.07 Å². The van der Waals surface area contributed by atoms with Crippen LogP contribution in [0.25, 0.3) is 0 Å². The Kier molecular flexibility index (Phi) is 6.37. The van der Waals surface area contributed by atoms with Crippen LogP contribution in [0.4, 0.5) is 0 Å². The molecule has 2 fully saturated rings. The molecule has 3 heterocycles. The Bertz CT molecular complexity index is 1020. The van der Waals surface area contributed by atoms with Gasteiger partial charge in [0.05, 0.1) is 6.10 Å². The molecular formula is C25H31N5O3. The van der Waals surface area contributed by atoms with Crippen molar-refractivity contribution in [2.24, 2.45) is 11.8 Å². The number of nitrogens with zero attached hydrogens (tertiary/aromatic N) is 4. The third-order valence-electron chi connectivity index (χ3n) is 6.83. The molecule has 2 amide bonds. The van der Waals surface area contributed by atoms with E-state index in [0.29, 0.717) is 24.1 Å². The van der Waals surface area contributed by atoms with Crippen LogP contribution < -0.4 is 5.32 Å². The molecule has 2 aromatic rings. The summed E-state index contributed by atoms with van der Waals surface area (Å²) in [4.78, 5) is 37.2. The van der Waals surface area contributed by atoms with Gasteiger partial charge in [-0.3, -0.25) is 14.5 Å². The first-order chi connectivity index (χ1) is 16.0. The maximum Gasteiger partial charge on any atom is 0.270 e. The quantitative estimate of drug-likeness (QED) is 0.625. The highest BCUT2D eigenvalue weighted by Crippen LogP contribution is 2.33. The molecule has 2 aliphatic heterocycles. The number of aliphatic hydroxyl groups excluding tert-OH is 1. The Morgan fingerprint density at radius 1 is 1.15 bits per heavy atom. The van der Waals surface area contributed by atoms with Crippen molar-refractivity contribution in [3.63, 3.8) is 0 Å². The van der Waals surface area contributed by atoms with Crippen LogP contribution in [0.5, 0.6) is 0 Å². The molecule has 1 aromatic heterocycles. The second-order valence-electron chi connectivity index (χ2n) is 9.60. The fourth-order valence-electron chi connectivity index (χ4n) is 4.77. The van der Waals surface area contributed by atoms with E-state index in [-0.39, 0.29) is 18.4 Å². The molecule has 8 nitrogen and oxygen atoms in total. The van der Waals surface area contributed by atoms with Gasteiger partial charge < -0.3 is 15.3 Å². The van der Waals surface area contributed by atoms with Crippen molar-refractivity contribution in [3.05, 3.63) is 59.2 Å². The van der Waals surface area contributed by atoms with E-state index in [2.05, 4.69) is 38.4 Å². The summed E-state index contributed by atoms with van der Waals surface area (Å²) in [6.07, 6.45) is 4.54. The summed E-state index contributed by atoms with van der Waals surface area (Å²) in [6.45, 7) is 3.96. The molecule has 2 N–H and O–H groups in total. The number of carbonyl (C=O) groups excluding carboxylic acids is 2. The maximum absolute atomic E-state index is 12.6. The molecule has 174 valence electrons. The molecule has 8 heteroatoms. The summed E-state index contributed by atoms with van der Waals surface area (Å²) in [5.74, 6) is 0.638. The van der Waals surface area contributed by atoms with Gasteiger partial charge in [0.25, 0.3) is 5.91 Å². The Hall–Kier alpha value is -2.84. The van der Waals surface area contributed by atoms with Crippen molar-refractivity contribution in [1.82, 2.24) is 25.1 Å². The normalized spacial score (nSPS) is 19.5. The number of β-amino-alcohol motifs (C(OH)–C–C–N with tert-alkyl or cyclic N) is 1. The zero-order valence-corrected chi connectivity index (χ0v) is 18.8. The summed E-state index contributed by atoms with van der Waals surface area (Å²) < 4.78 is 0. The fourth-order valence-corrected chi connectivity index (χ4v) is 4.77. The number of carbonyl (C=O) groups is 2. The van der Waals surface area contributed by atoms with Gasteiger partial charge in [-0.1, -0.05) is 24.3 Å². The van der Waals surface area contributed by atoms with Crippen molar-refractivity contribution in [1.29, 1.82) is 0 Å². The number of hydrogen-bond acceptors (Lipinski definition) is 6. The molecule has 0 radical (unpaired) electrons. The van der Waals surface area contributed by atoms with Crippen LogP contribution in [0.3, 0.4) is 0 Å². The van der Waals surface area contributed by atoms with E-state index >= 15 is 0 Å². The van der Waals surface area contributed by atoms with Gasteiger partial charge in [0.1, 0.15) is 12.0 Å². The highest BCUT2D eigenvalue weighted by molar-refractivity contribution is 5.92. The number of benzene rings is 1. The smallest absolute Gasteiger partial charge is 0.270 e. The molecule has 3 aliphatic rings. The molecule has 33 heavy (non-hydrogen) atoms. The molecule has 1 saturated heterocycles. The number of nitrogens with one attached hydrogen (secondary N) is 1. The molecule has 1 saturated carbocycles. The summed E-state index contributed by atoms with van der Waals surface area (Å²) in [5, 5.41) is 13.2. The third kappa shape index (κ3) is 5.39.